The van der Waals surface area contributed by atoms with Gasteiger partial charge in [0.05, 0.1) is 29.5 Å². The van der Waals surface area contributed by atoms with Crippen LogP contribution in [-0.2, 0) is 4.79 Å². The number of rotatable bonds is 4. The molecule has 2 aromatic rings. The van der Waals surface area contributed by atoms with Crippen LogP contribution in [0.15, 0.2) is 30.7 Å². The van der Waals surface area contributed by atoms with Crippen molar-refractivity contribution < 1.29 is 18.0 Å². The Hall–Kier alpha value is -2.03. The van der Waals surface area contributed by atoms with Crippen molar-refractivity contribution in [1.82, 2.24) is 14.8 Å². The maximum absolute atomic E-state index is 12.4. The predicted octanol–water partition coefficient (Wildman–Crippen LogP) is 2.77. The van der Waals surface area contributed by atoms with E-state index in [4.69, 9.17) is 0 Å². The highest BCUT2D eigenvalue weighted by atomic mass is 32.1. The maximum Gasteiger partial charge on any atom is 0.400 e. The number of halogens is 3. The maximum atomic E-state index is 12.4. The smallest absolute Gasteiger partial charge is 0.323 e. The van der Waals surface area contributed by atoms with Crippen LogP contribution in [0, 0.1) is 6.92 Å². The van der Waals surface area contributed by atoms with E-state index >= 15 is 0 Å². The molecule has 0 aliphatic carbocycles. The zero-order valence-corrected chi connectivity index (χ0v) is 12.4. The highest BCUT2D eigenvalue weighted by Gasteiger charge is 2.38. The van der Waals surface area contributed by atoms with E-state index in [1.54, 1.807) is 31.5 Å². The van der Waals surface area contributed by atoms with Gasteiger partial charge in [0, 0.05) is 12.6 Å². The first-order valence-corrected chi connectivity index (χ1v) is 6.80. The Balaban J connectivity index is 2.08. The summed E-state index contributed by atoms with van der Waals surface area (Å²) in [5.41, 5.74) is 1.50. The lowest BCUT2D eigenvalue weighted by Gasteiger charge is -2.13. The number of aromatic nitrogens is 3. The summed E-state index contributed by atoms with van der Waals surface area (Å²) >= 11 is 3.39. The Labute approximate surface area is 130 Å². The van der Waals surface area contributed by atoms with E-state index < -0.39 is 23.8 Å². The first kappa shape index (κ1) is 16.3. The summed E-state index contributed by atoms with van der Waals surface area (Å²) in [4.78, 5) is 15.6. The summed E-state index contributed by atoms with van der Waals surface area (Å²) < 4.78 is 38.6. The number of aryl methyl sites for hydroxylation is 1. The second-order valence-corrected chi connectivity index (χ2v) is 5.22. The quantitative estimate of drug-likeness (QED) is 0.848. The molecule has 0 fully saturated rings. The number of alkyl halides is 3. The van der Waals surface area contributed by atoms with Crippen molar-refractivity contribution in [1.29, 1.82) is 0 Å². The van der Waals surface area contributed by atoms with Crippen LogP contribution in [0.4, 0.5) is 18.9 Å². The first-order valence-electron chi connectivity index (χ1n) is 6.28. The van der Waals surface area contributed by atoms with Crippen LogP contribution >= 0.6 is 12.6 Å². The van der Waals surface area contributed by atoms with E-state index in [1.165, 1.54) is 10.9 Å². The van der Waals surface area contributed by atoms with Crippen molar-refractivity contribution in [3.63, 3.8) is 0 Å². The Morgan fingerprint density at radius 1 is 1.50 bits per heavy atom. The van der Waals surface area contributed by atoms with E-state index in [9.17, 15) is 18.0 Å². The molecule has 2 aromatic heterocycles. The average Bonchev–Trinajstić information content (AvgIpc) is 2.80. The molecule has 0 aliphatic heterocycles. The minimum absolute atomic E-state index is 0.344. The van der Waals surface area contributed by atoms with Crippen LogP contribution in [0.3, 0.4) is 0 Å². The Morgan fingerprint density at radius 3 is 2.82 bits per heavy atom. The van der Waals surface area contributed by atoms with E-state index in [2.05, 4.69) is 28.0 Å². The summed E-state index contributed by atoms with van der Waals surface area (Å²) in [6.07, 6.45) is -0.581. The Bertz CT molecular complexity index is 657. The van der Waals surface area contributed by atoms with Gasteiger partial charge in [0.2, 0.25) is 5.91 Å². The summed E-state index contributed by atoms with van der Waals surface area (Å²) in [6.45, 7) is 1.64. The molecule has 0 radical (unpaired) electrons. The highest BCUT2D eigenvalue weighted by Crippen LogP contribution is 2.27. The number of carbonyl (C=O) groups excluding carboxylic acids is 1. The van der Waals surface area contributed by atoms with Crippen LogP contribution in [0.25, 0.3) is 5.69 Å². The minimum atomic E-state index is -4.52. The van der Waals surface area contributed by atoms with Crippen LogP contribution in [0.2, 0.25) is 0 Å². The van der Waals surface area contributed by atoms with Gasteiger partial charge in [0.25, 0.3) is 0 Å². The van der Waals surface area contributed by atoms with Gasteiger partial charge in [-0.25, -0.2) is 4.68 Å². The summed E-state index contributed by atoms with van der Waals surface area (Å²) in [5.74, 6) is -0.772. The van der Waals surface area contributed by atoms with Gasteiger partial charge in [-0.15, -0.1) is 0 Å². The molecule has 0 aromatic carbocycles. The third kappa shape index (κ3) is 4.00. The molecular weight excluding hydrogens is 317 g/mol. The van der Waals surface area contributed by atoms with Crippen LogP contribution in [0.5, 0.6) is 0 Å². The molecule has 1 atom stereocenters. The van der Waals surface area contributed by atoms with Crippen molar-refractivity contribution in [2.24, 2.45) is 0 Å². The van der Waals surface area contributed by atoms with Crippen molar-refractivity contribution in [2.45, 2.75) is 24.8 Å². The zero-order chi connectivity index (χ0) is 16.3. The Kier molecular flexibility index (Phi) is 4.74. The van der Waals surface area contributed by atoms with Gasteiger partial charge in [-0.1, -0.05) is 0 Å². The van der Waals surface area contributed by atoms with Gasteiger partial charge >= 0.3 is 6.18 Å². The van der Waals surface area contributed by atoms with Crippen molar-refractivity contribution in [3.8, 4) is 5.69 Å². The molecule has 2 rings (SSSR count). The third-order valence-corrected chi connectivity index (χ3v) is 3.32. The van der Waals surface area contributed by atoms with Crippen LogP contribution in [0.1, 0.15) is 12.1 Å². The lowest BCUT2D eigenvalue weighted by molar-refractivity contribution is -0.137. The molecule has 0 spiro atoms. The molecular formula is C13H13F3N4OS. The fourth-order valence-electron chi connectivity index (χ4n) is 1.70. The molecule has 0 saturated carbocycles. The molecule has 0 bridgehead atoms. The van der Waals surface area contributed by atoms with Crippen molar-refractivity contribution in [3.05, 3.63) is 36.4 Å². The van der Waals surface area contributed by atoms with E-state index in [-0.39, 0.29) is 0 Å². The predicted molar refractivity (Wildman–Crippen MR) is 78.2 cm³/mol. The molecule has 9 heteroatoms. The van der Waals surface area contributed by atoms with Gasteiger partial charge in [-0.2, -0.15) is 30.9 Å². The van der Waals surface area contributed by atoms with Gasteiger partial charge in [-0.05, 0) is 19.1 Å². The van der Waals surface area contributed by atoms with Crippen LogP contribution in [-0.4, -0.2) is 32.1 Å². The van der Waals surface area contributed by atoms with Crippen LogP contribution < -0.4 is 5.32 Å². The average molecular weight is 330 g/mol. The van der Waals surface area contributed by atoms with Gasteiger partial charge in [0.15, 0.2) is 0 Å². The number of amides is 1. The molecule has 1 unspecified atom stereocenters. The number of pyridine rings is 1. The first-order chi connectivity index (χ1) is 10.3. The van der Waals surface area contributed by atoms with E-state index in [1.807, 2.05) is 0 Å². The number of nitrogens with zero attached hydrogens (tertiary/aromatic N) is 3. The number of anilines is 1. The van der Waals surface area contributed by atoms with Gasteiger partial charge in [-0.3, -0.25) is 9.78 Å². The fraction of sp³-hybridized carbons (Fsp3) is 0.308. The summed E-state index contributed by atoms with van der Waals surface area (Å²) in [5, 5.41) is 4.60. The van der Waals surface area contributed by atoms with E-state index in [0.29, 0.717) is 17.1 Å². The molecule has 22 heavy (non-hydrogen) atoms. The van der Waals surface area contributed by atoms with Crippen molar-refractivity contribution in [2.75, 3.05) is 5.32 Å². The fourth-order valence-corrected chi connectivity index (χ4v) is 1.86. The topological polar surface area (TPSA) is 59.8 Å². The number of carbonyl (C=O) groups is 1. The lowest BCUT2D eigenvalue weighted by Crippen LogP contribution is -2.28. The summed E-state index contributed by atoms with van der Waals surface area (Å²) in [6, 6.07) is 3.48. The Morgan fingerprint density at radius 2 is 2.23 bits per heavy atom. The third-order valence-electron chi connectivity index (χ3n) is 2.84. The number of nitrogens with one attached hydrogen (secondary N) is 1. The van der Waals surface area contributed by atoms with E-state index in [0.717, 1.165) is 0 Å². The van der Waals surface area contributed by atoms with Gasteiger partial charge < -0.3 is 5.32 Å². The molecule has 5 nitrogen and oxygen atoms in total. The summed E-state index contributed by atoms with van der Waals surface area (Å²) in [7, 11) is 0. The number of thiol groups is 1. The SMILES string of the molecule is Cc1nn(-c2cccnc2)cc1NC(=O)CC(S)C(F)(F)F. The number of hydrogen-bond acceptors (Lipinski definition) is 4. The number of hydrogen-bond donors (Lipinski definition) is 2. The second kappa shape index (κ2) is 6.39. The zero-order valence-electron chi connectivity index (χ0n) is 11.5. The largest absolute Gasteiger partial charge is 0.400 e. The van der Waals surface area contributed by atoms with Crippen molar-refractivity contribution >= 4 is 24.2 Å². The second-order valence-electron chi connectivity index (χ2n) is 4.59. The lowest BCUT2D eigenvalue weighted by atomic mass is 10.2. The molecule has 0 saturated heterocycles. The standard InChI is InChI=1S/C13H13F3N4OS/c1-8-10(18-12(21)5-11(22)13(14,15)16)7-20(19-8)9-3-2-4-17-6-9/h2-4,6-7,11,22H,5H2,1H3,(H,18,21). The molecule has 0 aliphatic rings. The molecule has 1 amide bonds. The monoisotopic (exact) mass is 330 g/mol. The molecule has 2 heterocycles. The highest BCUT2D eigenvalue weighted by molar-refractivity contribution is 7.81. The van der Waals surface area contributed by atoms with Gasteiger partial charge in [0.1, 0.15) is 5.25 Å². The molecule has 118 valence electrons. The minimum Gasteiger partial charge on any atom is -0.323 e. The normalized spacial score (nSPS) is 13.0. The molecule has 1 N–H and O–H groups in total.